The lowest BCUT2D eigenvalue weighted by atomic mass is 10.2. The van der Waals surface area contributed by atoms with Crippen molar-refractivity contribution in [3.63, 3.8) is 0 Å². The number of rotatable bonds is 4. The maximum Gasteiger partial charge on any atom is 0.338 e. The first-order valence-corrected chi connectivity index (χ1v) is 7.73. The number of aromatic amines is 1. The number of H-pyrrole nitrogens is 1. The third kappa shape index (κ3) is 3.41. The maximum atomic E-state index is 12.0. The molecule has 120 valence electrons. The predicted octanol–water partition coefficient (Wildman–Crippen LogP) is 2.57. The molecule has 0 spiro atoms. The predicted molar refractivity (Wildman–Crippen MR) is 87.2 cm³/mol. The SMILES string of the molecule is CC(C)OC(=O)c1cccc(Nc2nc3c(c(=O)[nH]2)CCC3)c1. The number of carbonyl (C=O) groups excluding carboxylic acids is 1. The molecule has 1 aromatic heterocycles. The zero-order valence-electron chi connectivity index (χ0n) is 13.2. The van der Waals surface area contributed by atoms with Crippen LogP contribution in [0, 0.1) is 0 Å². The quantitative estimate of drug-likeness (QED) is 0.848. The van der Waals surface area contributed by atoms with E-state index in [9.17, 15) is 9.59 Å². The van der Waals surface area contributed by atoms with Crippen LogP contribution in [0.1, 0.15) is 41.9 Å². The number of anilines is 2. The fourth-order valence-corrected chi connectivity index (χ4v) is 2.64. The van der Waals surface area contributed by atoms with E-state index < -0.39 is 0 Å². The van der Waals surface area contributed by atoms with E-state index in [1.807, 2.05) is 0 Å². The van der Waals surface area contributed by atoms with E-state index in [2.05, 4.69) is 15.3 Å². The van der Waals surface area contributed by atoms with Crippen molar-refractivity contribution in [2.45, 2.75) is 39.2 Å². The average molecular weight is 313 g/mol. The van der Waals surface area contributed by atoms with Crippen LogP contribution in [0.15, 0.2) is 29.1 Å². The summed E-state index contributed by atoms with van der Waals surface area (Å²) in [7, 11) is 0. The second kappa shape index (κ2) is 6.24. The Morgan fingerprint density at radius 3 is 2.96 bits per heavy atom. The smallest absolute Gasteiger partial charge is 0.338 e. The molecule has 2 N–H and O–H groups in total. The monoisotopic (exact) mass is 313 g/mol. The van der Waals surface area contributed by atoms with Crippen LogP contribution in [0.5, 0.6) is 0 Å². The number of esters is 1. The summed E-state index contributed by atoms with van der Waals surface area (Å²) in [5, 5.41) is 3.05. The van der Waals surface area contributed by atoms with Gasteiger partial charge in [-0.2, -0.15) is 0 Å². The highest BCUT2D eigenvalue weighted by Crippen LogP contribution is 2.19. The molecule has 0 saturated heterocycles. The van der Waals surface area contributed by atoms with Gasteiger partial charge in [0.25, 0.3) is 5.56 Å². The van der Waals surface area contributed by atoms with Crippen molar-refractivity contribution in [3.8, 4) is 0 Å². The topological polar surface area (TPSA) is 84.1 Å². The molecule has 0 saturated carbocycles. The van der Waals surface area contributed by atoms with Gasteiger partial charge in [0, 0.05) is 11.3 Å². The molecule has 0 bridgehead atoms. The Balaban J connectivity index is 1.82. The summed E-state index contributed by atoms with van der Waals surface area (Å²) in [6.45, 7) is 3.61. The maximum absolute atomic E-state index is 12.0. The third-order valence-electron chi connectivity index (χ3n) is 3.65. The summed E-state index contributed by atoms with van der Waals surface area (Å²) in [4.78, 5) is 31.1. The normalized spacial score (nSPS) is 13.0. The summed E-state index contributed by atoms with van der Waals surface area (Å²) >= 11 is 0. The van der Waals surface area contributed by atoms with Crippen LogP contribution in [0.4, 0.5) is 11.6 Å². The van der Waals surface area contributed by atoms with Crippen molar-refractivity contribution in [1.82, 2.24) is 9.97 Å². The summed E-state index contributed by atoms with van der Waals surface area (Å²) in [6, 6.07) is 6.93. The van der Waals surface area contributed by atoms with Crippen molar-refractivity contribution in [1.29, 1.82) is 0 Å². The van der Waals surface area contributed by atoms with E-state index in [4.69, 9.17) is 4.74 Å². The van der Waals surface area contributed by atoms with E-state index in [-0.39, 0.29) is 17.6 Å². The van der Waals surface area contributed by atoms with Gasteiger partial charge in [0.05, 0.1) is 17.4 Å². The molecule has 0 atom stereocenters. The van der Waals surface area contributed by atoms with Gasteiger partial charge >= 0.3 is 5.97 Å². The van der Waals surface area contributed by atoms with Crippen molar-refractivity contribution < 1.29 is 9.53 Å². The minimum Gasteiger partial charge on any atom is -0.459 e. The van der Waals surface area contributed by atoms with Crippen LogP contribution < -0.4 is 10.9 Å². The van der Waals surface area contributed by atoms with Crippen LogP contribution in [-0.2, 0) is 17.6 Å². The van der Waals surface area contributed by atoms with E-state index in [1.165, 1.54) is 0 Å². The van der Waals surface area contributed by atoms with Gasteiger partial charge in [0.2, 0.25) is 5.95 Å². The number of hydrogen-bond acceptors (Lipinski definition) is 5. The number of hydrogen-bond donors (Lipinski definition) is 2. The zero-order valence-corrected chi connectivity index (χ0v) is 13.2. The Morgan fingerprint density at radius 1 is 1.35 bits per heavy atom. The molecular weight excluding hydrogens is 294 g/mol. The Morgan fingerprint density at radius 2 is 2.17 bits per heavy atom. The number of ether oxygens (including phenoxy) is 1. The van der Waals surface area contributed by atoms with Crippen LogP contribution >= 0.6 is 0 Å². The Kier molecular flexibility index (Phi) is 4.14. The molecule has 0 radical (unpaired) electrons. The van der Waals surface area contributed by atoms with Gasteiger partial charge in [-0.3, -0.25) is 9.78 Å². The summed E-state index contributed by atoms with van der Waals surface area (Å²) < 4.78 is 5.18. The molecular formula is C17H19N3O3. The van der Waals surface area contributed by atoms with E-state index in [0.29, 0.717) is 17.2 Å². The lowest BCUT2D eigenvalue weighted by molar-refractivity contribution is 0.0378. The molecule has 1 heterocycles. The molecule has 1 aromatic carbocycles. The molecule has 0 unspecified atom stereocenters. The van der Waals surface area contributed by atoms with E-state index in [0.717, 1.165) is 30.5 Å². The first-order chi connectivity index (χ1) is 11.0. The molecule has 0 aliphatic heterocycles. The first kappa shape index (κ1) is 15.3. The minimum absolute atomic E-state index is 0.0922. The number of nitrogens with one attached hydrogen (secondary N) is 2. The summed E-state index contributed by atoms with van der Waals surface area (Å²) in [5.74, 6) is 0.0177. The summed E-state index contributed by atoms with van der Waals surface area (Å²) in [5.41, 5.74) is 2.67. The molecule has 2 aromatic rings. The van der Waals surface area contributed by atoms with Crippen molar-refractivity contribution in [2.24, 2.45) is 0 Å². The highest BCUT2D eigenvalue weighted by atomic mass is 16.5. The molecule has 0 amide bonds. The van der Waals surface area contributed by atoms with Gasteiger partial charge < -0.3 is 10.1 Å². The van der Waals surface area contributed by atoms with Crippen LogP contribution in [0.3, 0.4) is 0 Å². The first-order valence-electron chi connectivity index (χ1n) is 7.73. The molecule has 23 heavy (non-hydrogen) atoms. The zero-order chi connectivity index (χ0) is 16.4. The van der Waals surface area contributed by atoms with Gasteiger partial charge in [-0.25, -0.2) is 9.78 Å². The number of carbonyl (C=O) groups is 1. The lowest BCUT2D eigenvalue weighted by Crippen LogP contribution is -2.16. The number of aryl methyl sites for hydroxylation is 1. The van der Waals surface area contributed by atoms with Crippen molar-refractivity contribution in [3.05, 3.63) is 51.4 Å². The molecule has 0 fully saturated rings. The number of nitrogens with zero attached hydrogens (tertiary/aromatic N) is 1. The van der Waals surface area contributed by atoms with Crippen molar-refractivity contribution >= 4 is 17.6 Å². The molecule has 1 aliphatic carbocycles. The van der Waals surface area contributed by atoms with Crippen LogP contribution in [-0.4, -0.2) is 22.0 Å². The van der Waals surface area contributed by atoms with Gasteiger partial charge in [0.15, 0.2) is 0 Å². The minimum atomic E-state index is -0.376. The third-order valence-corrected chi connectivity index (χ3v) is 3.65. The fourth-order valence-electron chi connectivity index (χ4n) is 2.64. The highest BCUT2D eigenvalue weighted by molar-refractivity contribution is 5.90. The Bertz CT molecular complexity index is 796. The Hall–Kier alpha value is -2.63. The Labute approximate surface area is 133 Å². The molecule has 6 nitrogen and oxygen atoms in total. The molecule has 3 rings (SSSR count). The number of fused-ring (bicyclic) bond motifs is 1. The molecule has 6 heteroatoms. The second-order valence-electron chi connectivity index (χ2n) is 5.85. The van der Waals surface area contributed by atoms with Gasteiger partial charge in [-0.1, -0.05) is 6.07 Å². The van der Waals surface area contributed by atoms with E-state index >= 15 is 0 Å². The van der Waals surface area contributed by atoms with Crippen LogP contribution in [0.25, 0.3) is 0 Å². The van der Waals surface area contributed by atoms with Gasteiger partial charge in [0.1, 0.15) is 0 Å². The fraction of sp³-hybridized carbons (Fsp3) is 0.353. The average Bonchev–Trinajstić information content (AvgIpc) is 2.96. The largest absolute Gasteiger partial charge is 0.459 e. The second-order valence-corrected chi connectivity index (χ2v) is 5.85. The van der Waals surface area contributed by atoms with Gasteiger partial charge in [-0.15, -0.1) is 0 Å². The van der Waals surface area contributed by atoms with E-state index in [1.54, 1.807) is 38.1 Å². The number of benzene rings is 1. The lowest BCUT2D eigenvalue weighted by Gasteiger charge is -2.10. The number of aromatic nitrogens is 2. The highest BCUT2D eigenvalue weighted by Gasteiger charge is 2.17. The standard InChI is InChI=1S/C17H19N3O3/c1-10(2)23-16(22)11-5-3-6-12(9-11)18-17-19-14-8-4-7-13(14)15(21)20-17/h3,5-6,9-10H,4,7-8H2,1-2H3,(H2,18,19,20,21). The van der Waals surface area contributed by atoms with Gasteiger partial charge in [-0.05, 0) is 51.3 Å². The van der Waals surface area contributed by atoms with Crippen LogP contribution in [0.2, 0.25) is 0 Å². The van der Waals surface area contributed by atoms with Crippen molar-refractivity contribution in [2.75, 3.05) is 5.32 Å². The molecule has 1 aliphatic rings. The summed E-state index contributed by atoms with van der Waals surface area (Å²) in [6.07, 6.45) is 2.41.